The summed E-state index contributed by atoms with van der Waals surface area (Å²) in [7, 11) is 17.1. The molecule has 0 fully saturated rings. The average molecular weight is 336 g/mol. The van der Waals surface area contributed by atoms with Crippen LogP contribution in [-0.2, 0) is 0 Å². The van der Waals surface area contributed by atoms with Gasteiger partial charge in [0.2, 0.25) is 0 Å². The minimum Gasteiger partial charge on any atom is -0.309 e. The molecule has 5 nitrogen and oxygen atoms in total. The molecule has 24 heavy (non-hydrogen) atoms. The Morgan fingerprint density at radius 1 is 0.625 bits per heavy atom. The molecule has 0 saturated carbocycles. The van der Waals surface area contributed by atoms with Gasteiger partial charge in [-0.3, -0.25) is 4.98 Å². The van der Waals surface area contributed by atoms with Crippen LogP contribution in [0.5, 0.6) is 0 Å². The number of rotatable bonds is 10. The minimum absolute atomic E-state index is 0.425. The van der Waals surface area contributed by atoms with Crippen LogP contribution in [0.15, 0.2) is 18.2 Å². The molecule has 0 atom stereocenters. The van der Waals surface area contributed by atoms with E-state index in [9.17, 15) is 0 Å². The summed E-state index contributed by atoms with van der Waals surface area (Å²) in [5.41, 5.74) is 2.41. The third-order valence-corrected chi connectivity index (χ3v) is 3.97. The second-order valence-corrected chi connectivity index (χ2v) is 7.93. The van der Waals surface area contributed by atoms with Crippen molar-refractivity contribution in [3.8, 4) is 0 Å². The molecule has 0 spiro atoms. The number of hydrogen-bond acceptors (Lipinski definition) is 5. The van der Waals surface area contributed by atoms with Crippen molar-refractivity contribution in [1.82, 2.24) is 24.6 Å². The Hall–Kier alpha value is -1.01. The van der Waals surface area contributed by atoms with E-state index < -0.39 is 0 Å². The van der Waals surface area contributed by atoms with Crippen LogP contribution in [0.2, 0.25) is 0 Å². The monoisotopic (exact) mass is 335 g/mol. The molecule has 0 N–H and O–H groups in total. The van der Waals surface area contributed by atoms with Crippen molar-refractivity contribution < 1.29 is 0 Å². The van der Waals surface area contributed by atoms with Crippen molar-refractivity contribution in [2.24, 2.45) is 0 Å². The third-order valence-electron chi connectivity index (χ3n) is 3.97. The molecular formula is C19H37N5. The van der Waals surface area contributed by atoms with Gasteiger partial charge in [0.25, 0.3) is 0 Å². The van der Waals surface area contributed by atoms with E-state index in [-0.39, 0.29) is 0 Å². The summed E-state index contributed by atoms with van der Waals surface area (Å²) in [6.07, 6.45) is 0. The van der Waals surface area contributed by atoms with Gasteiger partial charge in [0.15, 0.2) is 0 Å². The normalized spacial score (nSPS) is 12.6. The molecule has 0 aliphatic heterocycles. The van der Waals surface area contributed by atoms with E-state index in [4.69, 9.17) is 4.98 Å². The van der Waals surface area contributed by atoms with Crippen LogP contribution in [0.25, 0.3) is 0 Å². The molecule has 0 radical (unpaired) electrons. The maximum absolute atomic E-state index is 5.08. The molecule has 0 unspecified atom stereocenters. The molecule has 0 aliphatic carbocycles. The summed E-state index contributed by atoms with van der Waals surface area (Å²) in [5.74, 6) is 0.851. The minimum atomic E-state index is 0.425. The lowest BCUT2D eigenvalue weighted by molar-refractivity contribution is 0.297. The van der Waals surface area contributed by atoms with Crippen molar-refractivity contribution in [2.45, 2.75) is 11.8 Å². The van der Waals surface area contributed by atoms with Crippen LogP contribution in [0.1, 0.15) is 23.2 Å². The fourth-order valence-electron chi connectivity index (χ4n) is 3.18. The topological polar surface area (TPSA) is 25.9 Å². The maximum Gasteiger partial charge on any atom is 0.0463 e. The lowest BCUT2D eigenvalue weighted by Gasteiger charge is -2.27. The predicted molar refractivity (Wildman–Crippen MR) is 104 cm³/mol. The molecule has 0 amide bonds. The maximum atomic E-state index is 5.08. The number of nitrogens with zero attached hydrogens (tertiary/aromatic N) is 5. The van der Waals surface area contributed by atoms with Crippen molar-refractivity contribution >= 4 is 0 Å². The van der Waals surface area contributed by atoms with Crippen molar-refractivity contribution in [3.63, 3.8) is 0 Å². The highest BCUT2D eigenvalue weighted by Gasteiger charge is 2.19. The first-order chi connectivity index (χ1) is 11.2. The summed E-state index contributed by atoms with van der Waals surface area (Å²) in [5, 5.41) is 0. The van der Waals surface area contributed by atoms with E-state index in [1.165, 1.54) is 11.4 Å². The van der Waals surface area contributed by atoms with E-state index >= 15 is 0 Å². The second kappa shape index (κ2) is 10.1. The second-order valence-electron chi connectivity index (χ2n) is 7.93. The van der Waals surface area contributed by atoms with Gasteiger partial charge >= 0.3 is 0 Å². The van der Waals surface area contributed by atoms with E-state index in [2.05, 4.69) is 94.2 Å². The zero-order chi connectivity index (χ0) is 18.3. The largest absolute Gasteiger partial charge is 0.309 e. The van der Waals surface area contributed by atoms with Crippen LogP contribution in [0.4, 0.5) is 0 Å². The number of likely N-dealkylation sites (N-methyl/N-ethyl adjacent to an activating group) is 4. The molecule has 1 aromatic rings. The van der Waals surface area contributed by atoms with Crippen LogP contribution in [0.3, 0.4) is 0 Å². The lowest BCUT2D eigenvalue weighted by Crippen LogP contribution is -2.31. The summed E-state index contributed by atoms with van der Waals surface area (Å²) < 4.78 is 0. The van der Waals surface area contributed by atoms with Gasteiger partial charge in [0, 0.05) is 49.4 Å². The van der Waals surface area contributed by atoms with Gasteiger partial charge in [-0.25, -0.2) is 0 Å². The van der Waals surface area contributed by atoms with Gasteiger partial charge < -0.3 is 19.6 Å². The van der Waals surface area contributed by atoms with Gasteiger partial charge in [-0.2, -0.15) is 0 Å². The number of hydrogen-bond donors (Lipinski definition) is 0. The first kappa shape index (κ1) is 21.0. The highest BCUT2D eigenvalue weighted by atomic mass is 15.1. The highest BCUT2D eigenvalue weighted by molar-refractivity contribution is 5.19. The van der Waals surface area contributed by atoms with Crippen LogP contribution >= 0.6 is 0 Å². The molecule has 1 heterocycles. The molecule has 138 valence electrons. The van der Waals surface area contributed by atoms with Crippen LogP contribution < -0.4 is 0 Å². The molecule has 0 aliphatic rings. The van der Waals surface area contributed by atoms with Gasteiger partial charge in [-0.05, 0) is 68.5 Å². The molecule has 0 bridgehead atoms. The Labute approximate surface area is 149 Å². The smallest absolute Gasteiger partial charge is 0.0463 e. The highest BCUT2D eigenvalue weighted by Crippen LogP contribution is 2.21. The van der Waals surface area contributed by atoms with Crippen molar-refractivity contribution in [2.75, 3.05) is 82.6 Å². The van der Waals surface area contributed by atoms with E-state index in [1.54, 1.807) is 0 Å². The standard InChI is InChI=1S/C19H37N5/c1-21(2)12-16(13-22(3)4)18-10-9-11-19(20-18)17(14-23(5)6)15-24(7)8/h9-11,16-17H,12-15H2,1-8H3. The fourth-order valence-corrected chi connectivity index (χ4v) is 3.18. The van der Waals surface area contributed by atoms with Gasteiger partial charge in [-0.1, -0.05) is 6.07 Å². The first-order valence-corrected chi connectivity index (χ1v) is 8.74. The zero-order valence-corrected chi connectivity index (χ0v) is 17.0. The summed E-state index contributed by atoms with van der Waals surface area (Å²) in [4.78, 5) is 14.1. The molecule has 0 saturated heterocycles. The van der Waals surface area contributed by atoms with E-state index in [1.807, 2.05) is 0 Å². The quantitative estimate of drug-likeness (QED) is 0.645. The lowest BCUT2D eigenvalue weighted by atomic mass is 9.99. The molecule has 0 aromatic carbocycles. The van der Waals surface area contributed by atoms with Crippen molar-refractivity contribution in [1.29, 1.82) is 0 Å². The summed E-state index contributed by atoms with van der Waals surface area (Å²) in [6.45, 7) is 4.06. The van der Waals surface area contributed by atoms with Gasteiger partial charge in [0.05, 0.1) is 0 Å². The van der Waals surface area contributed by atoms with Crippen LogP contribution in [-0.4, -0.2) is 107 Å². The Kier molecular flexibility index (Phi) is 8.84. The molecular weight excluding hydrogens is 298 g/mol. The molecule has 1 rings (SSSR count). The molecule has 5 heteroatoms. The van der Waals surface area contributed by atoms with Crippen molar-refractivity contribution in [3.05, 3.63) is 29.6 Å². The third kappa shape index (κ3) is 7.71. The summed E-state index contributed by atoms with van der Waals surface area (Å²) >= 11 is 0. The first-order valence-electron chi connectivity index (χ1n) is 8.74. The van der Waals surface area contributed by atoms with Gasteiger partial charge in [0.1, 0.15) is 0 Å². The van der Waals surface area contributed by atoms with E-state index in [0.717, 1.165) is 26.2 Å². The fraction of sp³-hybridized carbons (Fsp3) is 0.737. The van der Waals surface area contributed by atoms with E-state index in [0.29, 0.717) is 11.8 Å². The Balaban J connectivity index is 3.06. The van der Waals surface area contributed by atoms with Crippen LogP contribution in [0, 0.1) is 0 Å². The Bertz CT molecular complexity index is 411. The van der Waals surface area contributed by atoms with Gasteiger partial charge in [-0.15, -0.1) is 0 Å². The Morgan fingerprint density at radius 3 is 1.17 bits per heavy atom. The average Bonchev–Trinajstić information content (AvgIpc) is 2.44. The number of pyridine rings is 1. The molecule has 1 aromatic heterocycles. The SMILES string of the molecule is CN(C)CC(CN(C)C)c1cccc(C(CN(C)C)CN(C)C)n1. The zero-order valence-electron chi connectivity index (χ0n) is 17.0. The predicted octanol–water partition coefficient (Wildman–Crippen LogP) is 1.50. The Morgan fingerprint density at radius 2 is 0.917 bits per heavy atom. The summed E-state index contributed by atoms with van der Waals surface area (Å²) in [6, 6.07) is 6.54. The number of aromatic nitrogens is 1.